The Morgan fingerprint density at radius 1 is 1.19 bits per heavy atom. The van der Waals surface area contributed by atoms with Crippen molar-refractivity contribution in [2.24, 2.45) is 5.92 Å². The largest absolute Gasteiger partial charge is 0.480 e. The molecule has 1 heterocycles. The summed E-state index contributed by atoms with van der Waals surface area (Å²) in [4.78, 5) is 41.8. The fourth-order valence-corrected chi connectivity index (χ4v) is 3.44. The minimum Gasteiger partial charge on any atom is -0.480 e. The van der Waals surface area contributed by atoms with E-state index in [1.807, 2.05) is 38.1 Å². The number of fused-ring (bicyclic) bond motifs is 1. The summed E-state index contributed by atoms with van der Waals surface area (Å²) < 4.78 is 5.28. The van der Waals surface area contributed by atoms with Crippen LogP contribution in [0, 0.1) is 5.92 Å². The number of carbonyl (C=O) groups is 3. The highest BCUT2D eigenvalue weighted by molar-refractivity contribution is 5.90. The average Bonchev–Trinajstić information content (AvgIpc) is 3.05. The maximum absolute atomic E-state index is 13.2. The molecule has 0 saturated heterocycles. The zero-order chi connectivity index (χ0) is 23.3. The lowest BCUT2D eigenvalue weighted by molar-refractivity contribution is -0.149. The van der Waals surface area contributed by atoms with Gasteiger partial charge in [-0.15, -0.1) is 0 Å². The van der Waals surface area contributed by atoms with Gasteiger partial charge in [-0.1, -0.05) is 32.0 Å². The predicted molar refractivity (Wildman–Crippen MR) is 119 cm³/mol. The Labute approximate surface area is 182 Å². The van der Waals surface area contributed by atoms with Gasteiger partial charge in [-0.25, -0.2) is 9.59 Å². The van der Waals surface area contributed by atoms with E-state index in [2.05, 4.69) is 10.3 Å². The number of benzene rings is 1. The monoisotopic (exact) mass is 431 g/mol. The molecule has 2 amide bonds. The molecule has 8 nitrogen and oxygen atoms in total. The van der Waals surface area contributed by atoms with E-state index in [4.69, 9.17) is 4.74 Å². The molecule has 0 saturated carbocycles. The lowest BCUT2D eigenvalue weighted by Crippen LogP contribution is -2.53. The molecule has 0 radical (unpaired) electrons. The van der Waals surface area contributed by atoms with Gasteiger partial charge in [0.2, 0.25) is 5.91 Å². The van der Waals surface area contributed by atoms with Gasteiger partial charge in [0.1, 0.15) is 17.7 Å². The maximum atomic E-state index is 13.2. The number of nitrogens with zero attached hydrogens (tertiary/aromatic N) is 1. The molecule has 2 rings (SSSR count). The van der Waals surface area contributed by atoms with Crippen LogP contribution in [-0.4, -0.2) is 57.7 Å². The molecular weight excluding hydrogens is 398 g/mol. The lowest BCUT2D eigenvalue weighted by Gasteiger charge is -2.30. The van der Waals surface area contributed by atoms with Crippen molar-refractivity contribution >= 4 is 28.9 Å². The molecule has 31 heavy (non-hydrogen) atoms. The Kier molecular flexibility index (Phi) is 7.70. The van der Waals surface area contributed by atoms with Crippen LogP contribution < -0.4 is 5.32 Å². The topological polar surface area (TPSA) is 112 Å². The first-order chi connectivity index (χ1) is 14.4. The third-order valence-corrected chi connectivity index (χ3v) is 4.88. The van der Waals surface area contributed by atoms with Gasteiger partial charge in [-0.3, -0.25) is 4.79 Å². The van der Waals surface area contributed by atoms with Gasteiger partial charge >= 0.3 is 12.1 Å². The van der Waals surface area contributed by atoms with E-state index in [0.29, 0.717) is 6.42 Å². The number of carboxylic acid groups (broad SMARTS) is 1. The van der Waals surface area contributed by atoms with Crippen LogP contribution in [0.15, 0.2) is 30.5 Å². The van der Waals surface area contributed by atoms with Gasteiger partial charge in [-0.2, -0.15) is 0 Å². The van der Waals surface area contributed by atoms with Crippen molar-refractivity contribution in [2.45, 2.75) is 65.1 Å². The molecule has 0 aliphatic heterocycles. The molecule has 0 spiro atoms. The highest BCUT2D eigenvalue weighted by Gasteiger charge is 2.33. The number of H-pyrrole nitrogens is 1. The molecule has 2 aromatic rings. The fraction of sp³-hybridized carbons (Fsp3) is 0.522. The number of hydrogen-bond acceptors (Lipinski definition) is 4. The second kappa shape index (κ2) is 9.85. The summed E-state index contributed by atoms with van der Waals surface area (Å²) in [7, 11) is 1.46. The summed E-state index contributed by atoms with van der Waals surface area (Å²) in [5.41, 5.74) is 1.00. The van der Waals surface area contributed by atoms with E-state index >= 15 is 0 Å². The molecule has 0 unspecified atom stereocenters. The van der Waals surface area contributed by atoms with Gasteiger partial charge in [0.05, 0.1) is 0 Å². The quantitative estimate of drug-likeness (QED) is 0.592. The summed E-state index contributed by atoms with van der Waals surface area (Å²) in [6.45, 7) is 9.06. The molecule has 0 fully saturated rings. The molecule has 3 N–H and O–H groups in total. The number of amides is 2. The van der Waals surface area contributed by atoms with E-state index < -0.39 is 35.7 Å². The summed E-state index contributed by atoms with van der Waals surface area (Å²) in [6, 6.07) is 5.63. The second-order valence-electron chi connectivity index (χ2n) is 9.20. The van der Waals surface area contributed by atoms with E-state index in [1.54, 1.807) is 27.0 Å². The number of rotatable bonds is 8. The summed E-state index contributed by atoms with van der Waals surface area (Å²) in [6.07, 6.45) is 1.57. The third-order valence-electron chi connectivity index (χ3n) is 4.88. The number of aromatic nitrogens is 1. The molecule has 8 heteroatoms. The standard InChI is InChI=1S/C23H33N3O5/c1-14(2)11-18(25-22(30)31-23(3,4)5)20(27)26(6)19(21(28)29)12-15-13-24-17-10-8-7-9-16(15)17/h7-10,13-14,18-19,24H,11-12H2,1-6H3,(H,25,30)(H,28,29)/t18-,19-/m0/s1. The van der Waals surface area contributed by atoms with Crippen LogP contribution in [0.5, 0.6) is 0 Å². The number of para-hydroxylation sites is 1. The van der Waals surface area contributed by atoms with Crippen LogP contribution in [0.2, 0.25) is 0 Å². The van der Waals surface area contributed by atoms with Crippen molar-refractivity contribution in [3.05, 3.63) is 36.0 Å². The average molecular weight is 432 g/mol. The minimum absolute atomic E-state index is 0.106. The number of ether oxygens (including phenoxy) is 1. The Bertz CT molecular complexity index is 929. The number of likely N-dealkylation sites (N-methyl/N-ethyl adjacent to an activating group) is 1. The summed E-state index contributed by atoms with van der Waals surface area (Å²) in [5, 5.41) is 13.4. The number of alkyl carbamates (subject to hydrolysis) is 1. The number of hydrogen-bond donors (Lipinski definition) is 3. The Balaban J connectivity index is 2.22. The maximum Gasteiger partial charge on any atom is 0.408 e. The van der Waals surface area contributed by atoms with Gasteiger partial charge in [0.25, 0.3) is 0 Å². The number of carboxylic acids is 1. The van der Waals surface area contributed by atoms with Crippen LogP contribution >= 0.6 is 0 Å². The van der Waals surface area contributed by atoms with E-state index in [1.165, 1.54) is 11.9 Å². The molecule has 0 aliphatic rings. The Morgan fingerprint density at radius 3 is 2.42 bits per heavy atom. The summed E-state index contributed by atoms with van der Waals surface area (Å²) in [5.74, 6) is -1.47. The molecule has 170 valence electrons. The van der Waals surface area contributed by atoms with E-state index in [-0.39, 0.29) is 12.3 Å². The third kappa shape index (κ3) is 6.73. The van der Waals surface area contributed by atoms with Crippen molar-refractivity contribution in [3.8, 4) is 0 Å². The van der Waals surface area contributed by atoms with Crippen molar-refractivity contribution < 1.29 is 24.2 Å². The van der Waals surface area contributed by atoms with Gasteiger partial charge in [-0.05, 0) is 44.7 Å². The first-order valence-electron chi connectivity index (χ1n) is 10.4. The Hall–Kier alpha value is -3.03. The van der Waals surface area contributed by atoms with Crippen LogP contribution in [0.1, 0.15) is 46.6 Å². The fourth-order valence-electron chi connectivity index (χ4n) is 3.44. The van der Waals surface area contributed by atoms with Crippen molar-refractivity contribution in [3.63, 3.8) is 0 Å². The normalized spacial score (nSPS) is 13.6. The SMILES string of the molecule is CC(C)C[C@H](NC(=O)OC(C)(C)C)C(=O)N(C)[C@@H](Cc1c[nH]c2ccccc12)C(=O)O. The number of aromatic amines is 1. The van der Waals surface area contributed by atoms with E-state index in [9.17, 15) is 19.5 Å². The zero-order valence-corrected chi connectivity index (χ0v) is 19.1. The zero-order valence-electron chi connectivity index (χ0n) is 19.1. The predicted octanol–water partition coefficient (Wildman–Crippen LogP) is 3.56. The number of carbonyl (C=O) groups excluding carboxylic acids is 2. The van der Waals surface area contributed by atoms with Crippen molar-refractivity contribution in [2.75, 3.05) is 7.05 Å². The Morgan fingerprint density at radius 2 is 1.84 bits per heavy atom. The number of nitrogens with one attached hydrogen (secondary N) is 2. The molecule has 2 atom stereocenters. The second-order valence-corrected chi connectivity index (χ2v) is 9.20. The van der Waals surface area contributed by atoms with Crippen molar-refractivity contribution in [1.82, 2.24) is 15.2 Å². The first kappa shape index (κ1) is 24.2. The summed E-state index contributed by atoms with van der Waals surface area (Å²) >= 11 is 0. The van der Waals surface area contributed by atoms with Crippen LogP contribution in [-0.2, 0) is 20.7 Å². The molecule has 0 bridgehead atoms. The van der Waals surface area contributed by atoms with Gasteiger partial charge in [0, 0.05) is 30.6 Å². The van der Waals surface area contributed by atoms with Gasteiger partial charge < -0.3 is 25.0 Å². The van der Waals surface area contributed by atoms with Gasteiger partial charge in [0.15, 0.2) is 0 Å². The van der Waals surface area contributed by atoms with Crippen LogP contribution in [0.25, 0.3) is 10.9 Å². The smallest absolute Gasteiger partial charge is 0.408 e. The molecule has 0 aliphatic carbocycles. The highest BCUT2D eigenvalue weighted by Crippen LogP contribution is 2.21. The number of aliphatic carboxylic acids is 1. The molecule has 1 aromatic carbocycles. The van der Waals surface area contributed by atoms with Crippen molar-refractivity contribution in [1.29, 1.82) is 0 Å². The first-order valence-corrected chi connectivity index (χ1v) is 10.4. The van der Waals surface area contributed by atoms with Crippen LogP contribution in [0.3, 0.4) is 0 Å². The van der Waals surface area contributed by atoms with E-state index in [0.717, 1.165) is 16.5 Å². The molecule has 1 aromatic heterocycles. The molecular formula is C23H33N3O5. The minimum atomic E-state index is -1.11. The van der Waals surface area contributed by atoms with Crippen LogP contribution in [0.4, 0.5) is 4.79 Å². The lowest BCUT2D eigenvalue weighted by atomic mass is 10.00. The highest BCUT2D eigenvalue weighted by atomic mass is 16.6.